The first kappa shape index (κ1) is 21.1. The van der Waals surface area contributed by atoms with Gasteiger partial charge >= 0.3 is 12.1 Å². The Kier molecular flexibility index (Phi) is 6.16. The van der Waals surface area contributed by atoms with Gasteiger partial charge in [0, 0.05) is 24.2 Å². The number of carbonyl (C=O) groups is 3. The van der Waals surface area contributed by atoms with Gasteiger partial charge in [0.1, 0.15) is 19.2 Å². The summed E-state index contributed by atoms with van der Waals surface area (Å²) in [6.45, 7) is -0.446. The van der Waals surface area contributed by atoms with Crippen molar-refractivity contribution in [3.63, 3.8) is 0 Å². The van der Waals surface area contributed by atoms with Crippen LogP contribution in [-0.4, -0.2) is 52.2 Å². The molecule has 0 aliphatic heterocycles. The molecule has 2 aromatic carbocycles. The summed E-state index contributed by atoms with van der Waals surface area (Å²) in [6.07, 6.45) is 2.32. The molecule has 0 saturated carbocycles. The number of aromatic nitrogens is 2. The fourth-order valence-electron chi connectivity index (χ4n) is 3.89. The number of hydrogen-bond donors (Lipinski definition) is 4. The van der Waals surface area contributed by atoms with E-state index in [1.54, 1.807) is 0 Å². The van der Waals surface area contributed by atoms with E-state index in [-0.39, 0.29) is 18.9 Å². The van der Waals surface area contributed by atoms with Crippen molar-refractivity contribution in [2.75, 3.05) is 13.2 Å². The summed E-state index contributed by atoms with van der Waals surface area (Å²) in [7, 11) is 0. The van der Waals surface area contributed by atoms with Crippen molar-refractivity contribution in [1.82, 2.24) is 20.6 Å². The van der Waals surface area contributed by atoms with Crippen LogP contribution in [0.1, 0.15) is 22.7 Å². The van der Waals surface area contributed by atoms with Crippen LogP contribution in [-0.2, 0) is 20.7 Å². The molecule has 1 aliphatic rings. The van der Waals surface area contributed by atoms with Crippen molar-refractivity contribution >= 4 is 18.0 Å². The van der Waals surface area contributed by atoms with E-state index in [4.69, 9.17) is 9.84 Å². The van der Waals surface area contributed by atoms with Crippen LogP contribution in [0.5, 0.6) is 0 Å². The summed E-state index contributed by atoms with van der Waals surface area (Å²) in [4.78, 5) is 42.5. The van der Waals surface area contributed by atoms with Crippen LogP contribution in [0.2, 0.25) is 0 Å². The average Bonchev–Trinajstić information content (AvgIpc) is 3.41. The molecule has 9 heteroatoms. The van der Waals surface area contributed by atoms with Gasteiger partial charge in [-0.2, -0.15) is 0 Å². The Morgan fingerprint density at radius 2 is 1.72 bits per heavy atom. The summed E-state index contributed by atoms with van der Waals surface area (Å²) in [6, 6.07) is 14.9. The summed E-state index contributed by atoms with van der Waals surface area (Å²) in [5.41, 5.74) is 4.99. The maximum Gasteiger partial charge on any atom is 0.407 e. The first-order valence-electron chi connectivity index (χ1n) is 10.1. The summed E-state index contributed by atoms with van der Waals surface area (Å²) >= 11 is 0. The predicted octanol–water partition coefficient (Wildman–Crippen LogP) is 2.06. The van der Waals surface area contributed by atoms with Crippen LogP contribution >= 0.6 is 0 Å². The molecule has 0 saturated heterocycles. The number of amides is 2. The molecular formula is C23H22N4O5. The van der Waals surface area contributed by atoms with E-state index in [2.05, 4.69) is 20.6 Å². The third-order valence-electron chi connectivity index (χ3n) is 5.34. The Morgan fingerprint density at radius 1 is 1.06 bits per heavy atom. The number of aliphatic carboxylic acids is 1. The minimum atomic E-state index is -1.18. The molecule has 0 bridgehead atoms. The van der Waals surface area contributed by atoms with Gasteiger partial charge in [-0.3, -0.25) is 9.59 Å². The molecule has 1 heterocycles. The maximum absolute atomic E-state index is 12.5. The maximum atomic E-state index is 12.5. The molecule has 1 atom stereocenters. The van der Waals surface area contributed by atoms with Crippen molar-refractivity contribution in [2.24, 2.45) is 0 Å². The SMILES string of the molecule is O=C(O)CNC(=O)C(Cc1cnc[nH]1)NC(=O)OCC1c2ccccc2-c2ccccc21. The number of rotatable bonds is 8. The van der Waals surface area contributed by atoms with Gasteiger partial charge in [0.25, 0.3) is 0 Å². The Hall–Kier alpha value is -4.14. The van der Waals surface area contributed by atoms with E-state index in [1.807, 2.05) is 48.5 Å². The van der Waals surface area contributed by atoms with Crippen molar-refractivity contribution in [1.29, 1.82) is 0 Å². The van der Waals surface area contributed by atoms with Crippen molar-refractivity contribution in [3.05, 3.63) is 77.9 Å². The summed E-state index contributed by atoms with van der Waals surface area (Å²) < 4.78 is 5.49. The van der Waals surface area contributed by atoms with Crippen LogP contribution in [0.3, 0.4) is 0 Å². The van der Waals surface area contributed by atoms with Gasteiger partial charge in [-0.25, -0.2) is 9.78 Å². The molecule has 0 fully saturated rings. The van der Waals surface area contributed by atoms with Gasteiger partial charge in [0.05, 0.1) is 6.33 Å². The third kappa shape index (κ3) is 4.61. The van der Waals surface area contributed by atoms with E-state index in [0.717, 1.165) is 22.3 Å². The lowest BCUT2D eigenvalue weighted by Crippen LogP contribution is -2.49. The van der Waals surface area contributed by atoms with Crippen molar-refractivity contribution in [3.8, 4) is 11.1 Å². The van der Waals surface area contributed by atoms with E-state index >= 15 is 0 Å². The molecule has 4 N–H and O–H groups in total. The van der Waals surface area contributed by atoms with Crippen LogP contribution in [0.25, 0.3) is 11.1 Å². The highest BCUT2D eigenvalue weighted by Crippen LogP contribution is 2.44. The average molecular weight is 434 g/mol. The number of nitrogens with one attached hydrogen (secondary N) is 3. The standard InChI is InChI=1S/C23H22N4O5/c28-21(29)11-25-22(30)20(9-14-10-24-13-26-14)27-23(31)32-12-19-17-7-3-1-5-15(17)16-6-2-4-8-18(16)19/h1-8,10,13,19-20H,9,11-12H2,(H,24,26)(H,25,30)(H,27,31)(H,28,29). The van der Waals surface area contributed by atoms with E-state index in [0.29, 0.717) is 5.69 Å². The number of fused-ring (bicyclic) bond motifs is 3. The van der Waals surface area contributed by atoms with Crippen molar-refractivity contribution in [2.45, 2.75) is 18.4 Å². The van der Waals surface area contributed by atoms with E-state index in [9.17, 15) is 14.4 Å². The van der Waals surface area contributed by atoms with Crippen LogP contribution in [0, 0.1) is 0 Å². The zero-order valence-corrected chi connectivity index (χ0v) is 17.1. The number of hydrogen-bond acceptors (Lipinski definition) is 5. The highest BCUT2D eigenvalue weighted by molar-refractivity contribution is 5.88. The van der Waals surface area contributed by atoms with Crippen molar-refractivity contribution < 1.29 is 24.2 Å². The van der Waals surface area contributed by atoms with Gasteiger partial charge in [-0.15, -0.1) is 0 Å². The molecule has 1 aromatic heterocycles. The number of nitrogens with zero attached hydrogens (tertiary/aromatic N) is 1. The number of alkyl carbamates (subject to hydrolysis) is 1. The number of imidazole rings is 1. The Morgan fingerprint density at radius 3 is 2.31 bits per heavy atom. The Labute approximate surface area is 183 Å². The number of carbonyl (C=O) groups excluding carboxylic acids is 2. The normalized spacial score (nSPS) is 13.0. The topological polar surface area (TPSA) is 133 Å². The fourth-order valence-corrected chi connectivity index (χ4v) is 3.89. The molecule has 0 radical (unpaired) electrons. The molecule has 3 aromatic rings. The van der Waals surface area contributed by atoms with Gasteiger partial charge in [0.2, 0.25) is 5.91 Å². The Balaban J connectivity index is 1.43. The third-order valence-corrected chi connectivity index (χ3v) is 5.34. The molecule has 4 rings (SSSR count). The van der Waals surface area contributed by atoms with Crippen LogP contribution in [0.15, 0.2) is 61.1 Å². The molecule has 2 amide bonds. The molecule has 1 unspecified atom stereocenters. The van der Waals surface area contributed by atoms with Crippen LogP contribution < -0.4 is 10.6 Å². The fraction of sp³-hybridized carbons (Fsp3) is 0.217. The lowest BCUT2D eigenvalue weighted by Gasteiger charge is -2.19. The second-order valence-electron chi connectivity index (χ2n) is 7.41. The van der Waals surface area contributed by atoms with Gasteiger partial charge in [0.15, 0.2) is 0 Å². The quantitative estimate of drug-likeness (QED) is 0.429. The van der Waals surface area contributed by atoms with Gasteiger partial charge < -0.3 is 25.5 Å². The number of ether oxygens (including phenoxy) is 1. The van der Waals surface area contributed by atoms with Gasteiger partial charge in [-0.05, 0) is 22.3 Å². The van der Waals surface area contributed by atoms with E-state index in [1.165, 1.54) is 12.5 Å². The number of aromatic amines is 1. The van der Waals surface area contributed by atoms with E-state index < -0.39 is 30.6 Å². The number of benzene rings is 2. The largest absolute Gasteiger partial charge is 0.480 e. The highest BCUT2D eigenvalue weighted by atomic mass is 16.5. The molecule has 32 heavy (non-hydrogen) atoms. The summed E-state index contributed by atoms with van der Waals surface area (Å²) in [5.74, 6) is -1.92. The zero-order chi connectivity index (χ0) is 22.5. The lowest BCUT2D eigenvalue weighted by atomic mass is 9.98. The molecule has 164 valence electrons. The first-order chi connectivity index (χ1) is 15.5. The smallest absolute Gasteiger partial charge is 0.407 e. The Bertz CT molecular complexity index is 1080. The number of H-pyrrole nitrogens is 1. The number of carboxylic acid groups (broad SMARTS) is 1. The molecule has 0 spiro atoms. The minimum Gasteiger partial charge on any atom is -0.480 e. The molecular weight excluding hydrogens is 412 g/mol. The predicted molar refractivity (Wildman–Crippen MR) is 115 cm³/mol. The van der Waals surface area contributed by atoms with Crippen LogP contribution in [0.4, 0.5) is 4.79 Å². The highest BCUT2D eigenvalue weighted by Gasteiger charge is 2.30. The van der Waals surface area contributed by atoms with Gasteiger partial charge in [-0.1, -0.05) is 48.5 Å². The molecule has 1 aliphatic carbocycles. The lowest BCUT2D eigenvalue weighted by molar-refractivity contribution is -0.138. The number of carboxylic acids is 1. The summed E-state index contributed by atoms with van der Waals surface area (Å²) in [5, 5.41) is 13.6. The first-order valence-corrected chi connectivity index (χ1v) is 10.1. The minimum absolute atomic E-state index is 0.105. The second-order valence-corrected chi connectivity index (χ2v) is 7.41. The molecule has 9 nitrogen and oxygen atoms in total. The zero-order valence-electron chi connectivity index (χ0n) is 17.1. The second kappa shape index (κ2) is 9.34. The monoisotopic (exact) mass is 434 g/mol.